The van der Waals surface area contributed by atoms with Gasteiger partial charge < -0.3 is 20.7 Å². The molecule has 0 saturated carbocycles. The van der Waals surface area contributed by atoms with E-state index in [2.05, 4.69) is 36.6 Å². The van der Waals surface area contributed by atoms with E-state index in [9.17, 15) is 31.6 Å². The number of rotatable bonds is 6. The monoisotopic (exact) mass is 590 g/mol. The van der Waals surface area contributed by atoms with Crippen molar-refractivity contribution in [2.24, 2.45) is 0 Å². The van der Waals surface area contributed by atoms with Crippen LogP contribution in [-0.4, -0.2) is 64.6 Å². The maximum atomic E-state index is 13.0. The fourth-order valence-electron chi connectivity index (χ4n) is 3.72. The Balaban J connectivity index is 0.000000493. The molecule has 0 atom stereocenters. The van der Waals surface area contributed by atoms with Crippen LogP contribution in [0.1, 0.15) is 27.5 Å². The molecule has 41 heavy (non-hydrogen) atoms. The first-order chi connectivity index (χ1) is 19.3. The second-order valence-corrected chi connectivity index (χ2v) is 10.4. The van der Waals surface area contributed by atoms with Crippen molar-refractivity contribution in [2.45, 2.75) is 24.0 Å². The summed E-state index contributed by atoms with van der Waals surface area (Å²) < 4.78 is 60.2. The second-order valence-electron chi connectivity index (χ2n) is 8.74. The molecular weight excluding hydrogens is 569 g/mol. The molecule has 4 aromatic rings. The Labute approximate surface area is 230 Å². The van der Waals surface area contributed by atoms with E-state index < -0.39 is 28.1 Å². The highest BCUT2D eigenvalue weighted by Gasteiger charge is 2.38. The molecule has 5 rings (SSSR count). The largest absolute Gasteiger partial charge is 0.490 e. The van der Waals surface area contributed by atoms with Crippen LogP contribution in [0.15, 0.2) is 53.7 Å². The van der Waals surface area contributed by atoms with Gasteiger partial charge in [0.25, 0.3) is 15.9 Å². The summed E-state index contributed by atoms with van der Waals surface area (Å²) in [5.74, 6) is -2.86. The van der Waals surface area contributed by atoms with Gasteiger partial charge in [0.1, 0.15) is 6.07 Å². The number of carboxylic acid groups (broad SMARTS) is 1. The van der Waals surface area contributed by atoms with Gasteiger partial charge in [-0.3, -0.25) is 9.52 Å². The normalized spacial score (nSPS) is 13.4. The lowest BCUT2D eigenvalue weighted by molar-refractivity contribution is -0.192. The Kier molecular flexibility index (Phi) is 7.98. The average molecular weight is 591 g/mol. The molecule has 2 aromatic carbocycles. The van der Waals surface area contributed by atoms with E-state index in [0.717, 1.165) is 18.7 Å². The molecular formula is C24H21F3N8O5S. The predicted octanol–water partition coefficient (Wildman–Crippen LogP) is 2.77. The first kappa shape index (κ1) is 29.0. The molecule has 214 valence electrons. The number of sulfonamides is 1. The number of aromatic nitrogens is 4. The van der Waals surface area contributed by atoms with Crippen LogP contribution in [0.4, 0.5) is 24.7 Å². The first-order valence-corrected chi connectivity index (χ1v) is 13.2. The third-order valence-corrected chi connectivity index (χ3v) is 7.30. The first-order valence-electron chi connectivity index (χ1n) is 11.7. The lowest BCUT2D eigenvalue weighted by atomic mass is 10.1. The maximum absolute atomic E-state index is 13.0. The summed E-state index contributed by atoms with van der Waals surface area (Å²) in [6, 6.07) is 11.2. The number of amides is 1. The number of H-pyrrole nitrogens is 1. The molecule has 1 saturated heterocycles. The quantitative estimate of drug-likeness (QED) is 0.224. The minimum Gasteiger partial charge on any atom is -0.475 e. The third-order valence-electron chi connectivity index (χ3n) is 5.91. The van der Waals surface area contributed by atoms with Gasteiger partial charge in [0.2, 0.25) is 0 Å². The van der Waals surface area contributed by atoms with Gasteiger partial charge in [0.15, 0.2) is 5.82 Å². The van der Waals surface area contributed by atoms with Crippen molar-refractivity contribution in [1.82, 2.24) is 25.3 Å². The summed E-state index contributed by atoms with van der Waals surface area (Å²) in [6.07, 6.45) is -2.07. The van der Waals surface area contributed by atoms with E-state index in [-0.39, 0.29) is 16.5 Å². The van der Waals surface area contributed by atoms with Crippen LogP contribution in [0, 0.1) is 18.3 Å². The van der Waals surface area contributed by atoms with Gasteiger partial charge in [-0.25, -0.2) is 13.2 Å². The molecule has 1 aliphatic heterocycles. The minimum atomic E-state index is -5.08. The molecule has 5 N–H and O–H groups in total. The molecule has 3 heterocycles. The number of aromatic amines is 1. The summed E-state index contributed by atoms with van der Waals surface area (Å²) in [4.78, 5) is 26.0. The van der Waals surface area contributed by atoms with Crippen molar-refractivity contribution >= 4 is 44.3 Å². The Bertz CT molecular complexity index is 1750. The Morgan fingerprint density at radius 1 is 1.17 bits per heavy atom. The number of aryl methyl sites for hydroxylation is 1. The zero-order valence-corrected chi connectivity index (χ0v) is 21.8. The summed E-state index contributed by atoms with van der Waals surface area (Å²) >= 11 is 0. The molecule has 0 spiro atoms. The molecule has 0 radical (unpaired) electrons. The van der Waals surface area contributed by atoms with Crippen molar-refractivity contribution < 1.29 is 36.3 Å². The van der Waals surface area contributed by atoms with E-state index in [0.29, 0.717) is 28.0 Å². The van der Waals surface area contributed by atoms with Crippen LogP contribution in [0.2, 0.25) is 0 Å². The Morgan fingerprint density at radius 3 is 2.39 bits per heavy atom. The van der Waals surface area contributed by atoms with E-state index in [4.69, 9.17) is 9.90 Å². The van der Waals surface area contributed by atoms with Gasteiger partial charge in [0.05, 0.1) is 33.9 Å². The molecule has 0 bridgehead atoms. The van der Waals surface area contributed by atoms with Crippen molar-refractivity contribution in [1.29, 1.82) is 5.26 Å². The molecule has 13 nitrogen and oxygen atoms in total. The number of hydrogen-bond donors (Lipinski definition) is 5. The van der Waals surface area contributed by atoms with Crippen molar-refractivity contribution in [3.63, 3.8) is 0 Å². The maximum Gasteiger partial charge on any atom is 0.490 e. The highest BCUT2D eigenvalue weighted by molar-refractivity contribution is 7.92. The van der Waals surface area contributed by atoms with Crippen LogP contribution >= 0.6 is 0 Å². The van der Waals surface area contributed by atoms with Crippen LogP contribution in [0.25, 0.3) is 10.9 Å². The SMILES string of the molecule is Cc1ccc(NS(=O)(=O)c2ccc(C(=O)Nc3cnn(C4CNC4)n3)cc2)c2[nH]cc(C#N)c12.O=C(O)C(F)(F)F. The molecule has 17 heteroatoms. The number of nitrogens with one attached hydrogen (secondary N) is 4. The Morgan fingerprint density at radius 2 is 1.83 bits per heavy atom. The number of anilines is 2. The lowest BCUT2D eigenvalue weighted by Gasteiger charge is -2.25. The highest BCUT2D eigenvalue weighted by atomic mass is 32.2. The van der Waals surface area contributed by atoms with Gasteiger partial charge in [0, 0.05) is 30.2 Å². The summed E-state index contributed by atoms with van der Waals surface area (Å²) in [7, 11) is -3.94. The van der Waals surface area contributed by atoms with E-state index in [1.807, 2.05) is 6.92 Å². The molecule has 0 unspecified atom stereocenters. The molecule has 1 fully saturated rings. The number of alkyl halides is 3. The number of carbonyl (C=O) groups is 2. The zero-order chi connectivity index (χ0) is 29.9. The van der Waals surface area contributed by atoms with Crippen LogP contribution in [-0.2, 0) is 14.8 Å². The number of hydrogen-bond acceptors (Lipinski definition) is 8. The number of fused-ring (bicyclic) bond motifs is 1. The minimum absolute atomic E-state index is 0.00624. The van der Waals surface area contributed by atoms with Crippen molar-refractivity contribution in [3.8, 4) is 6.07 Å². The van der Waals surface area contributed by atoms with E-state index in [1.165, 1.54) is 30.5 Å². The lowest BCUT2D eigenvalue weighted by Crippen LogP contribution is -2.44. The number of halogens is 3. The number of nitrogens with zero attached hydrogens (tertiary/aromatic N) is 4. The molecule has 0 aliphatic carbocycles. The van der Waals surface area contributed by atoms with Crippen LogP contribution in [0.3, 0.4) is 0 Å². The number of carboxylic acids is 1. The molecule has 1 aliphatic rings. The van der Waals surface area contributed by atoms with Gasteiger partial charge in [-0.2, -0.15) is 28.3 Å². The topological polar surface area (TPSA) is 195 Å². The number of aliphatic carboxylic acids is 1. The highest BCUT2D eigenvalue weighted by Crippen LogP contribution is 2.30. The van der Waals surface area contributed by atoms with Crippen LogP contribution in [0.5, 0.6) is 0 Å². The average Bonchev–Trinajstić information content (AvgIpc) is 3.52. The van der Waals surface area contributed by atoms with Gasteiger partial charge in [-0.1, -0.05) is 6.07 Å². The van der Waals surface area contributed by atoms with Crippen molar-refractivity contribution in [3.05, 3.63) is 65.5 Å². The van der Waals surface area contributed by atoms with E-state index >= 15 is 0 Å². The Hall–Kier alpha value is -4.95. The van der Waals surface area contributed by atoms with E-state index in [1.54, 1.807) is 23.1 Å². The van der Waals surface area contributed by atoms with Gasteiger partial charge >= 0.3 is 12.1 Å². The molecule has 1 amide bonds. The number of nitriles is 1. The second kappa shape index (κ2) is 11.3. The number of carbonyl (C=O) groups excluding carboxylic acids is 1. The smallest absolute Gasteiger partial charge is 0.475 e. The number of benzene rings is 2. The summed E-state index contributed by atoms with van der Waals surface area (Å²) in [5.41, 5.74) is 2.43. The summed E-state index contributed by atoms with van der Waals surface area (Å²) in [6.45, 7) is 3.41. The standard InChI is InChI=1S/C22H20N8O3S.C2HF3O2/c1-13-2-7-18(21-20(13)15(8-23)9-25-21)29-34(32,33)17-5-3-14(4-6-17)22(31)27-19-12-26-30(28-19)16-10-24-11-16;3-2(4,5)1(6)7/h2-7,9,12,16,24-25,29H,10-11H2,1H3,(H,27,28,31);(H,6,7). The zero-order valence-electron chi connectivity index (χ0n) is 21.0. The van der Waals surface area contributed by atoms with Crippen molar-refractivity contribution in [2.75, 3.05) is 23.1 Å². The fraction of sp³-hybridized carbons (Fsp3) is 0.208. The fourth-order valence-corrected chi connectivity index (χ4v) is 4.79. The van der Waals surface area contributed by atoms with Crippen LogP contribution < -0.4 is 15.4 Å². The summed E-state index contributed by atoms with van der Waals surface area (Å²) in [5, 5.41) is 31.3. The third kappa shape index (κ3) is 6.45. The van der Waals surface area contributed by atoms with Gasteiger partial charge in [-0.15, -0.1) is 5.10 Å². The van der Waals surface area contributed by atoms with Gasteiger partial charge in [-0.05, 0) is 42.8 Å². The molecule has 2 aromatic heterocycles. The predicted molar refractivity (Wildman–Crippen MR) is 139 cm³/mol.